The summed E-state index contributed by atoms with van der Waals surface area (Å²) in [6, 6.07) is 5.75. The molecule has 6 nitrogen and oxygen atoms in total. The normalized spacial score (nSPS) is 18.3. The van der Waals surface area contributed by atoms with Gasteiger partial charge in [0.25, 0.3) is 0 Å². The van der Waals surface area contributed by atoms with Gasteiger partial charge in [-0.25, -0.2) is 0 Å². The van der Waals surface area contributed by atoms with Crippen LogP contribution >= 0.6 is 12.4 Å². The minimum Gasteiger partial charge on any atom is -0.486 e. The summed E-state index contributed by atoms with van der Waals surface area (Å²) in [6.07, 6.45) is 2.01. The van der Waals surface area contributed by atoms with Crippen molar-refractivity contribution in [3.8, 4) is 11.5 Å². The van der Waals surface area contributed by atoms with Gasteiger partial charge in [-0.05, 0) is 57.5 Å². The molecule has 0 aromatic heterocycles. The Bertz CT molecular complexity index is 639. The van der Waals surface area contributed by atoms with Gasteiger partial charge in [-0.1, -0.05) is 6.07 Å². The summed E-state index contributed by atoms with van der Waals surface area (Å²) < 4.78 is 16.7. The Morgan fingerprint density at radius 2 is 1.89 bits per heavy atom. The Morgan fingerprint density at radius 1 is 1.22 bits per heavy atom. The number of ether oxygens (including phenoxy) is 3. The van der Waals surface area contributed by atoms with Crippen molar-refractivity contribution in [2.75, 3.05) is 46.6 Å². The third kappa shape index (κ3) is 4.86. The molecule has 0 aliphatic carbocycles. The van der Waals surface area contributed by atoms with Gasteiger partial charge in [-0.2, -0.15) is 0 Å². The molecule has 1 saturated heterocycles. The number of fused-ring (bicyclic) bond motifs is 1. The zero-order chi connectivity index (χ0) is 18.6. The maximum atomic E-state index is 13.0. The topological polar surface area (TPSA) is 68.8 Å². The van der Waals surface area contributed by atoms with Crippen LogP contribution in [0, 0.1) is 5.41 Å². The smallest absolute Gasteiger partial charge is 0.230 e. The lowest BCUT2D eigenvalue weighted by molar-refractivity contribution is -0.126. The summed E-state index contributed by atoms with van der Waals surface area (Å²) >= 11 is 0. The van der Waals surface area contributed by atoms with Gasteiger partial charge in [0, 0.05) is 19.1 Å². The molecular weight excluding hydrogens is 368 g/mol. The molecule has 1 amide bonds. The van der Waals surface area contributed by atoms with E-state index in [1.165, 1.54) is 0 Å². The van der Waals surface area contributed by atoms with Crippen molar-refractivity contribution in [1.82, 2.24) is 10.6 Å². The highest BCUT2D eigenvalue weighted by molar-refractivity contribution is 5.87. The number of carbonyl (C=O) groups excluding carboxylic acids is 1. The standard InChI is InChI=1S/C20H30N2O4.ClH/c1-19(2,15-4-5-16-17(12-15)26-11-10-25-16)18(23)22-13-20(14-24-3)6-8-21-9-7-20;/h4-5,12,21H,6-11,13-14H2,1-3H3,(H,22,23);1H. The van der Waals surface area contributed by atoms with Crippen LogP contribution in [0.15, 0.2) is 18.2 Å². The van der Waals surface area contributed by atoms with Crippen molar-refractivity contribution < 1.29 is 19.0 Å². The van der Waals surface area contributed by atoms with Gasteiger partial charge in [-0.3, -0.25) is 4.79 Å². The maximum Gasteiger partial charge on any atom is 0.230 e. The van der Waals surface area contributed by atoms with Crippen molar-refractivity contribution >= 4 is 18.3 Å². The molecule has 152 valence electrons. The van der Waals surface area contributed by atoms with Crippen LogP contribution in [0.3, 0.4) is 0 Å². The van der Waals surface area contributed by atoms with Gasteiger partial charge < -0.3 is 24.8 Å². The van der Waals surface area contributed by atoms with Gasteiger partial charge in [0.1, 0.15) is 13.2 Å². The van der Waals surface area contributed by atoms with E-state index in [1.807, 2.05) is 32.0 Å². The highest BCUT2D eigenvalue weighted by Gasteiger charge is 2.36. The molecule has 2 N–H and O–H groups in total. The van der Waals surface area contributed by atoms with Crippen molar-refractivity contribution in [2.45, 2.75) is 32.1 Å². The Labute approximate surface area is 167 Å². The first kappa shape index (κ1) is 21.8. The second-order valence-electron chi connectivity index (χ2n) is 7.85. The summed E-state index contributed by atoms with van der Waals surface area (Å²) in [7, 11) is 1.73. The Kier molecular flexibility index (Phi) is 7.37. The fraction of sp³-hybridized carbons (Fsp3) is 0.650. The number of hydrogen-bond donors (Lipinski definition) is 2. The molecule has 1 aromatic rings. The molecule has 1 fully saturated rings. The predicted octanol–water partition coefficient (Wildman–Crippen LogP) is 2.29. The number of nitrogens with one attached hydrogen (secondary N) is 2. The second-order valence-corrected chi connectivity index (χ2v) is 7.85. The van der Waals surface area contributed by atoms with Gasteiger partial charge in [-0.15, -0.1) is 12.4 Å². The summed E-state index contributed by atoms with van der Waals surface area (Å²) in [5.74, 6) is 1.47. The van der Waals surface area contributed by atoms with E-state index in [4.69, 9.17) is 14.2 Å². The third-order valence-electron chi connectivity index (χ3n) is 5.57. The molecule has 1 aromatic carbocycles. The molecular formula is C20H31ClN2O4. The van der Waals surface area contributed by atoms with Gasteiger partial charge in [0.05, 0.1) is 12.0 Å². The van der Waals surface area contributed by atoms with Gasteiger partial charge in [0.2, 0.25) is 5.91 Å². The van der Waals surface area contributed by atoms with E-state index in [2.05, 4.69) is 10.6 Å². The minimum atomic E-state index is -0.656. The van der Waals surface area contributed by atoms with Crippen molar-refractivity contribution in [1.29, 1.82) is 0 Å². The second kappa shape index (κ2) is 9.13. The molecule has 0 saturated carbocycles. The summed E-state index contributed by atoms with van der Waals surface area (Å²) in [4.78, 5) is 13.0. The lowest BCUT2D eigenvalue weighted by atomic mass is 9.78. The Hall–Kier alpha value is -1.50. The zero-order valence-corrected chi connectivity index (χ0v) is 17.2. The number of methoxy groups -OCH3 is 1. The highest BCUT2D eigenvalue weighted by Crippen LogP contribution is 2.35. The molecule has 2 aliphatic heterocycles. The first-order valence-corrected chi connectivity index (χ1v) is 9.35. The fourth-order valence-electron chi connectivity index (χ4n) is 3.69. The van der Waals surface area contributed by atoms with Gasteiger partial charge >= 0.3 is 0 Å². The van der Waals surface area contributed by atoms with Crippen LogP contribution in [0.2, 0.25) is 0 Å². The summed E-state index contributed by atoms with van der Waals surface area (Å²) in [5, 5.41) is 6.55. The first-order valence-electron chi connectivity index (χ1n) is 9.35. The van der Waals surface area contributed by atoms with E-state index in [1.54, 1.807) is 7.11 Å². The zero-order valence-electron chi connectivity index (χ0n) is 16.4. The lowest BCUT2D eigenvalue weighted by Crippen LogP contribution is -2.50. The summed E-state index contributed by atoms with van der Waals surface area (Å²) in [5.41, 5.74) is 0.278. The maximum absolute atomic E-state index is 13.0. The van der Waals surface area contributed by atoms with Crippen molar-refractivity contribution in [2.24, 2.45) is 5.41 Å². The lowest BCUT2D eigenvalue weighted by Gasteiger charge is -2.38. The van der Waals surface area contributed by atoms with E-state index in [0.29, 0.717) is 32.1 Å². The first-order chi connectivity index (χ1) is 12.5. The van der Waals surface area contributed by atoms with Crippen LogP contribution in [0.5, 0.6) is 11.5 Å². The number of piperidine rings is 1. The van der Waals surface area contributed by atoms with Crippen LogP contribution in [-0.4, -0.2) is 52.5 Å². The molecule has 7 heteroatoms. The van der Waals surface area contributed by atoms with E-state index in [9.17, 15) is 4.79 Å². The van der Waals surface area contributed by atoms with E-state index in [-0.39, 0.29) is 23.7 Å². The van der Waals surface area contributed by atoms with Gasteiger partial charge in [0.15, 0.2) is 11.5 Å². The Balaban J connectivity index is 0.00000261. The quantitative estimate of drug-likeness (QED) is 0.769. The number of halogens is 1. The minimum absolute atomic E-state index is 0. The SMILES string of the molecule is COCC1(CNC(=O)C(C)(C)c2ccc3c(c2)OCCO3)CCNCC1.Cl. The number of carbonyl (C=O) groups is 1. The molecule has 2 aliphatic rings. The number of benzene rings is 1. The van der Waals surface area contributed by atoms with Crippen molar-refractivity contribution in [3.63, 3.8) is 0 Å². The van der Waals surface area contributed by atoms with E-state index in [0.717, 1.165) is 37.2 Å². The molecule has 2 heterocycles. The molecule has 27 heavy (non-hydrogen) atoms. The van der Waals surface area contributed by atoms with Crippen LogP contribution in [0.25, 0.3) is 0 Å². The van der Waals surface area contributed by atoms with Crippen molar-refractivity contribution in [3.05, 3.63) is 23.8 Å². The molecule has 0 spiro atoms. The summed E-state index contributed by atoms with van der Waals surface area (Å²) in [6.45, 7) is 8.21. The number of rotatable bonds is 6. The third-order valence-corrected chi connectivity index (χ3v) is 5.57. The number of hydrogen-bond acceptors (Lipinski definition) is 5. The van der Waals surface area contributed by atoms with E-state index >= 15 is 0 Å². The fourth-order valence-corrected chi connectivity index (χ4v) is 3.69. The Morgan fingerprint density at radius 3 is 2.56 bits per heavy atom. The van der Waals surface area contributed by atoms with Crippen LogP contribution < -0.4 is 20.1 Å². The molecule has 0 unspecified atom stereocenters. The van der Waals surface area contributed by atoms with E-state index < -0.39 is 5.41 Å². The monoisotopic (exact) mass is 398 g/mol. The van der Waals surface area contributed by atoms with Crippen LogP contribution in [0.4, 0.5) is 0 Å². The molecule has 0 bridgehead atoms. The number of amides is 1. The largest absolute Gasteiger partial charge is 0.486 e. The molecule has 0 radical (unpaired) electrons. The van der Waals surface area contributed by atoms with Crippen LogP contribution in [0.1, 0.15) is 32.3 Å². The molecule has 3 rings (SSSR count). The van der Waals surface area contributed by atoms with Crippen LogP contribution in [-0.2, 0) is 14.9 Å². The average molecular weight is 399 g/mol. The predicted molar refractivity (Wildman–Crippen MR) is 107 cm³/mol. The molecule has 0 atom stereocenters. The average Bonchev–Trinajstić information content (AvgIpc) is 2.66. The highest BCUT2D eigenvalue weighted by atomic mass is 35.5.